The average Bonchev–Trinajstić information content (AvgIpc) is 3.31. The van der Waals surface area contributed by atoms with E-state index in [4.69, 9.17) is 14.7 Å². The molecule has 3 atom stereocenters. The van der Waals surface area contributed by atoms with Crippen molar-refractivity contribution in [2.75, 3.05) is 56.2 Å². The molecule has 3 aromatic rings. The van der Waals surface area contributed by atoms with Gasteiger partial charge >= 0.3 is 12.1 Å². The Morgan fingerprint density at radius 3 is 2.73 bits per heavy atom. The number of fused-ring (bicyclic) bond motifs is 2. The van der Waals surface area contributed by atoms with Crippen LogP contribution in [0.4, 0.5) is 20.7 Å². The number of aromatic nitrogens is 2. The molecular formula is C30H34FN7O3. The van der Waals surface area contributed by atoms with Gasteiger partial charge in [-0.05, 0) is 31.3 Å². The van der Waals surface area contributed by atoms with Crippen molar-refractivity contribution in [2.45, 2.75) is 44.1 Å². The minimum atomic E-state index is -1.02. The highest BCUT2D eigenvalue weighted by Gasteiger charge is 2.35. The molecule has 1 N–H and O–H groups in total. The molecule has 41 heavy (non-hydrogen) atoms. The molecule has 6 rings (SSSR count). The Hall–Kier alpha value is -4.17. The van der Waals surface area contributed by atoms with E-state index in [1.165, 1.54) is 15.7 Å². The molecule has 4 heterocycles. The van der Waals surface area contributed by atoms with Gasteiger partial charge in [-0.25, -0.2) is 9.18 Å². The lowest BCUT2D eigenvalue weighted by atomic mass is 10.0. The zero-order chi connectivity index (χ0) is 28.5. The van der Waals surface area contributed by atoms with Crippen LogP contribution in [0.25, 0.3) is 10.8 Å². The highest BCUT2D eigenvalue weighted by atomic mass is 19.1. The Morgan fingerprint density at radius 2 is 1.95 bits per heavy atom. The monoisotopic (exact) mass is 559 g/mol. The van der Waals surface area contributed by atoms with Crippen LogP contribution in [0, 0.1) is 11.3 Å². The van der Waals surface area contributed by atoms with Gasteiger partial charge in [0.05, 0.1) is 36.8 Å². The fourth-order valence-electron chi connectivity index (χ4n) is 6.34. The minimum Gasteiger partial charge on any atom is -0.465 e. The van der Waals surface area contributed by atoms with E-state index in [9.17, 15) is 19.6 Å². The predicted octanol–water partition coefficient (Wildman–Crippen LogP) is 3.70. The van der Waals surface area contributed by atoms with Crippen LogP contribution in [0.1, 0.15) is 24.1 Å². The zero-order valence-electron chi connectivity index (χ0n) is 23.1. The van der Waals surface area contributed by atoms with Crippen LogP contribution < -0.4 is 14.5 Å². The SMILES string of the molecule is CN1CC[C@@H](F)[C@H]1COc1nc2c(c(N3CCN(C(=O)O)[C@@H](CC#N)C3)n1)CCN(c1cccc3ccccc13)C2. The second kappa shape index (κ2) is 11.4. The number of alkyl halides is 1. The van der Waals surface area contributed by atoms with Crippen molar-refractivity contribution in [2.24, 2.45) is 0 Å². The predicted molar refractivity (Wildman–Crippen MR) is 153 cm³/mol. The van der Waals surface area contributed by atoms with E-state index in [0.29, 0.717) is 44.8 Å². The highest BCUT2D eigenvalue weighted by molar-refractivity contribution is 5.94. The number of carbonyl (C=O) groups is 1. The number of amides is 1. The van der Waals surface area contributed by atoms with Gasteiger partial charge in [-0.15, -0.1) is 0 Å². The summed E-state index contributed by atoms with van der Waals surface area (Å²) >= 11 is 0. The summed E-state index contributed by atoms with van der Waals surface area (Å²) in [7, 11) is 1.89. The second-order valence-corrected chi connectivity index (χ2v) is 11.0. The summed E-state index contributed by atoms with van der Waals surface area (Å²) in [6, 6.07) is 16.1. The lowest BCUT2D eigenvalue weighted by Gasteiger charge is -2.41. The number of piperazine rings is 1. The van der Waals surface area contributed by atoms with Gasteiger partial charge in [0.1, 0.15) is 18.6 Å². The van der Waals surface area contributed by atoms with E-state index in [-0.39, 0.29) is 31.6 Å². The van der Waals surface area contributed by atoms with Gasteiger partial charge in [0.15, 0.2) is 0 Å². The molecule has 11 heteroatoms. The third-order valence-electron chi connectivity index (χ3n) is 8.61. The van der Waals surface area contributed by atoms with E-state index in [1.807, 2.05) is 24.1 Å². The van der Waals surface area contributed by atoms with Crippen LogP contribution in [0.15, 0.2) is 42.5 Å². The Morgan fingerprint density at radius 1 is 1.12 bits per heavy atom. The first-order chi connectivity index (χ1) is 19.9. The molecule has 0 aliphatic carbocycles. The Bertz CT molecular complexity index is 1460. The number of halogens is 1. The molecule has 2 saturated heterocycles. The van der Waals surface area contributed by atoms with Gasteiger partial charge in [0.25, 0.3) is 0 Å². The van der Waals surface area contributed by atoms with Crippen LogP contribution in [0.5, 0.6) is 6.01 Å². The second-order valence-electron chi connectivity index (χ2n) is 11.0. The number of anilines is 2. The van der Waals surface area contributed by atoms with Crippen LogP contribution >= 0.6 is 0 Å². The van der Waals surface area contributed by atoms with Crippen molar-refractivity contribution in [1.29, 1.82) is 5.26 Å². The summed E-state index contributed by atoms with van der Waals surface area (Å²) in [5.41, 5.74) is 2.99. The zero-order valence-corrected chi connectivity index (χ0v) is 23.1. The number of likely N-dealkylation sites (N-methyl/N-ethyl adjacent to an activating group) is 1. The van der Waals surface area contributed by atoms with Crippen molar-refractivity contribution >= 4 is 28.4 Å². The number of benzene rings is 2. The molecular weight excluding hydrogens is 525 g/mol. The van der Waals surface area contributed by atoms with Crippen LogP contribution in [-0.4, -0.2) is 95.6 Å². The molecule has 10 nitrogen and oxygen atoms in total. The van der Waals surface area contributed by atoms with E-state index in [0.717, 1.165) is 23.5 Å². The third kappa shape index (κ3) is 5.32. The fraction of sp³-hybridized carbons (Fsp3) is 0.467. The molecule has 0 saturated carbocycles. The van der Waals surface area contributed by atoms with Crippen LogP contribution in [0.3, 0.4) is 0 Å². The molecule has 0 bridgehead atoms. The van der Waals surface area contributed by atoms with Gasteiger partial charge in [-0.1, -0.05) is 36.4 Å². The summed E-state index contributed by atoms with van der Waals surface area (Å²) in [5, 5.41) is 21.4. The fourth-order valence-corrected chi connectivity index (χ4v) is 6.34. The number of nitrogens with zero attached hydrogens (tertiary/aromatic N) is 7. The molecule has 214 valence electrons. The Labute approximate surface area is 238 Å². The summed E-state index contributed by atoms with van der Waals surface area (Å²) in [4.78, 5) is 29.1. The van der Waals surface area contributed by atoms with Gasteiger partial charge in [0.2, 0.25) is 0 Å². The first-order valence-corrected chi connectivity index (χ1v) is 14.1. The molecule has 1 amide bonds. The molecule has 2 fully saturated rings. The number of hydrogen-bond donors (Lipinski definition) is 1. The maximum absolute atomic E-state index is 14.5. The maximum atomic E-state index is 14.5. The number of rotatable bonds is 6. The van der Waals surface area contributed by atoms with E-state index >= 15 is 0 Å². The van der Waals surface area contributed by atoms with Crippen molar-refractivity contribution in [1.82, 2.24) is 19.8 Å². The molecule has 0 radical (unpaired) electrons. The number of ether oxygens (including phenoxy) is 1. The summed E-state index contributed by atoms with van der Waals surface area (Å²) in [6.45, 7) is 3.23. The van der Waals surface area contributed by atoms with Gasteiger partial charge < -0.3 is 24.5 Å². The van der Waals surface area contributed by atoms with E-state index in [1.54, 1.807) is 0 Å². The molecule has 3 aliphatic rings. The van der Waals surface area contributed by atoms with Crippen LogP contribution in [-0.2, 0) is 13.0 Å². The maximum Gasteiger partial charge on any atom is 0.407 e. The lowest BCUT2D eigenvalue weighted by Crippen LogP contribution is -2.55. The Balaban J connectivity index is 1.33. The van der Waals surface area contributed by atoms with Gasteiger partial charge in [-0.3, -0.25) is 4.90 Å². The quantitative estimate of drug-likeness (QED) is 0.484. The van der Waals surface area contributed by atoms with Crippen molar-refractivity contribution in [3.05, 3.63) is 53.7 Å². The van der Waals surface area contributed by atoms with Gasteiger partial charge in [0, 0.05) is 49.4 Å². The molecule has 0 spiro atoms. The van der Waals surface area contributed by atoms with Crippen LogP contribution in [0.2, 0.25) is 0 Å². The summed E-state index contributed by atoms with van der Waals surface area (Å²) in [6.07, 6.45) is -0.705. The van der Waals surface area contributed by atoms with E-state index in [2.05, 4.69) is 46.2 Å². The highest BCUT2D eigenvalue weighted by Crippen LogP contribution is 2.35. The van der Waals surface area contributed by atoms with Gasteiger partial charge in [-0.2, -0.15) is 15.2 Å². The van der Waals surface area contributed by atoms with Crippen molar-refractivity contribution in [3.63, 3.8) is 0 Å². The van der Waals surface area contributed by atoms with Crippen molar-refractivity contribution in [3.8, 4) is 12.1 Å². The van der Waals surface area contributed by atoms with Crippen molar-refractivity contribution < 1.29 is 19.0 Å². The minimum absolute atomic E-state index is 0.0974. The average molecular weight is 560 g/mol. The lowest BCUT2D eigenvalue weighted by molar-refractivity contribution is 0.118. The normalized spacial score (nSPS) is 23.0. The topological polar surface area (TPSA) is 109 Å². The molecule has 2 aromatic carbocycles. The molecule has 1 aromatic heterocycles. The number of carboxylic acid groups (broad SMARTS) is 1. The first-order valence-electron chi connectivity index (χ1n) is 14.1. The largest absolute Gasteiger partial charge is 0.465 e. The number of nitriles is 1. The van der Waals surface area contributed by atoms with E-state index < -0.39 is 18.3 Å². The molecule has 3 aliphatic heterocycles. The standard InChI is InChI=1S/C30H34FN7O3/c1-35-13-11-24(31)27(35)19-41-29-33-25-18-36(26-8-4-6-20-5-2-3-7-22(20)26)14-10-23(25)28(34-29)37-15-16-38(30(39)40)21(17-37)9-12-32/h2-8,21,24,27H,9-11,13-19H2,1H3,(H,39,40)/t21-,24+,27+/m0/s1. The number of hydrogen-bond acceptors (Lipinski definition) is 8. The number of likely N-dealkylation sites (tertiary alicyclic amines) is 1. The smallest absolute Gasteiger partial charge is 0.407 e. The summed E-state index contributed by atoms with van der Waals surface area (Å²) < 4.78 is 20.6. The molecule has 0 unspecified atom stereocenters. The Kier molecular flexibility index (Phi) is 7.49. The summed E-state index contributed by atoms with van der Waals surface area (Å²) in [5.74, 6) is 0.715. The third-order valence-corrected chi connectivity index (χ3v) is 8.61. The first kappa shape index (κ1) is 27.0.